The molecular formula is C36H38O6. The van der Waals surface area contributed by atoms with E-state index >= 15 is 0 Å². The van der Waals surface area contributed by atoms with Crippen LogP contribution in [0.3, 0.4) is 0 Å². The quantitative estimate of drug-likeness (QED) is 0.199. The maximum absolute atomic E-state index is 6.78. The molecule has 0 radical (unpaired) electrons. The maximum atomic E-state index is 6.78. The largest absolute Gasteiger partial charge is 0.464 e. The Labute approximate surface area is 248 Å². The van der Waals surface area contributed by atoms with Gasteiger partial charge in [-0.25, -0.2) is 0 Å². The predicted molar refractivity (Wildman–Crippen MR) is 160 cm³/mol. The number of rotatable bonds is 11. The van der Waals surface area contributed by atoms with Crippen LogP contribution < -0.4 is 4.74 Å². The fraction of sp³-hybridized carbons (Fsp3) is 0.333. The average molecular weight is 567 g/mol. The van der Waals surface area contributed by atoms with Gasteiger partial charge in [-0.1, -0.05) is 103 Å². The van der Waals surface area contributed by atoms with Crippen LogP contribution in [0.5, 0.6) is 5.75 Å². The molecule has 2 aliphatic heterocycles. The molecule has 1 fully saturated rings. The Morgan fingerprint density at radius 1 is 0.667 bits per heavy atom. The van der Waals surface area contributed by atoms with Gasteiger partial charge >= 0.3 is 0 Å². The number of ether oxygens (including phenoxy) is 6. The van der Waals surface area contributed by atoms with E-state index in [2.05, 4.69) is 55.5 Å². The summed E-state index contributed by atoms with van der Waals surface area (Å²) in [6.07, 6.45) is -2.14. The van der Waals surface area contributed by atoms with E-state index in [0.717, 1.165) is 33.6 Å². The SMILES string of the molecule is CO[C@H]1c2ccc(C)cc2O[C@H]2O[C@H](COCc3ccccc3)[C@H](OCc3ccccc3)[C@H](OCc3ccccc3)[C@H]21. The van der Waals surface area contributed by atoms with Crippen LogP contribution in [0.1, 0.15) is 33.9 Å². The van der Waals surface area contributed by atoms with Gasteiger partial charge in [-0.15, -0.1) is 0 Å². The van der Waals surface area contributed by atoms with E-state index < -0.39 is 24.6 Å². The van der Waals surface area contributed by atoms with E-state index in [-0.39, 0.29) is 12.0 Å². The minimum absolute atomic E-state index is 0.264. The molecule has 0 bridgehead atoms. The first-order chi connectivity index (χ1) is 20.7. The van der Waals surface area contributed by atoms with Crippen LogP contribution in [0.4, 0.5) is 0 Å². The zero-order valence-corrected chi connectivity index (χ0v) is 24.1. The Morgan fingerprint density at radius 3 is 1.83 bits per heavy atom. The fourth-order valence-electron chi connectivity index (χ4n) is 5.89. The Morgan fingerprint density at radius 2 is 1.24 bits per heavy atom. The molecule has 6 heteroatoms. The minimum Gasteiger partial charge on any atom is -0.464 e. The topological polar surface area (TPSA) is 55.4 Å². The smallest absolute Gasteiger partial charge is 0.208 e. The standard InChI is InChI=1S/C36H38O6/c1-25-18-19-29-30(20-25)41-36-32(33(29)37-2)35(40-23-28-16-10-5-11-17-28)34(39-22-27-14-8-4-9-15-27)31(42-36)24-38-21-26-12-6-3-7-13-26/h3-20,31-36H,21-24H2,1-2H3/t31-,32-,33+,34+,35-,36+/m1/s1. The van der Waals surface area contributed by atoms with Crippen LogP contribution in [-0.4, -0.2) is 38.3 Å². The van der Waals surface area contributed by atoms with E-state index in [1.54, 1.807) is 7.11 Å². The first-order valence-electron chi connectivity index (χ1n) is 14.6. The van der Waals surface area contributed by atoms with Gasteiger partial charge in [0, 0.05) is 12.7 Å². The fourth-order valence-corrected chi connectivity index (χ4v) is 5.89. The van der Waals surface area contributed by atoms with Gasteiger partial charge in [0.05, 0.1) is 44.6 Å². The highest BCUT2D eigenvalue weighted by Gasteiger charge is 2.54. The molecule has 1 saturated heterocycles. The third kappa shape index (κ3) is 6.59. The van der Waals surface area contributed by atoms with Crippen molar-refractivity contribution < 1.29 is 28.4 Å². The number of methoxy groups -OCH3 is 1. The first kappa shape index (κ1) is 28.6. The molecule has 0 aromatic heterocycles. The second-order valence-corrected chi connectivity index (χ2v) is 11.0. The molecule has 6 nitrogen and oxygen atoms in total. The molecule has 6 atom stereocenters. The number of hydrogen-bond donors (Lipinski definition) is 0. The molecule has 0 spiro atoms. The normalized spacial score (nSPS) is 24.8. The molecule has 0 amide bonds. The van der Waals surface area contributed by atoms with Gasteiger partial charge in [-0.05, 0) is 35.2 Å². The van der Waals surface area contributed by atoms with Crippen LogP contribution in [0.2, 0.25) is 0 Å². The molecule has 0 saturated carbocycles. The lowest BCUT2D eigenvalue weighted by molar-refractivity contribution is -0.306. The third-order valence-corrected chi connectivity index (χ3v) is 7.98. The second kappa shape index (κ2) is 13.6. The van der Waals surface area contributed by atoms with E-state index in [1.165, 1.54) is 0 Å². The Bertz CT molecular complexity index is 1400. The number of hydrogen-bond acceptors (Lipinski definition) is 6. The summed E-state index contributed by atoms with van der Waals surface area (Å²) >= 11 is 0. The minimum atomic E-state index is -0.591. The van der Waals surface area contributed by atoms with E-state index in [4.69, 9.17) is 28.4 Å². The molecule has 2 heterocycles. The van der Waals surface area contributed by atoms with Crippen molar-refractivity contribution in [1.29, 1.82) is 0 Å². The second-order valence-electron chi connectivity index (χ2n) is 11.0. The summed E-state index contributed by atoms with van der Waals surface area (Å²) in [7, 11) is 1.74. The number of fused-ring (bicyclic) bond motifs is 2. The van der Waals surface area contributed by atoms with E-state index in [9.17, 15) is 0 Å². The molecular weight excluding hydrogens is 528 g/mol. The van der Waals surface area contributed by atoms with Gasteiger partial charge in [-0.2, -0.15) is 0 Å². The zero-order chi connectivity index (χ0) is 28.7. The summed E-state index contributed by atoms with van der Waals surface area (Å²) < 4.78 is 39.1. The Hall–Kier alpha value is -3.52. The lowest BCUT2D eigenvalue weighted by Crippen LogP contribution is -2.61. The molecule has 218 valence electrons. The van der Waals surface area contributed by atoms with Crippen molar-refractivity contribution >= 4 is 0 Å². The van der Waals surface area contributed by atoms with Crippen molar-refractivity contribution in [3.8, 4) is 5.75 Å². The molecule has 42 heavy (non-hydrogen) atoms. The summed E-state index contributed by atoms with van der Waals surface area (Å²) in [6, 6.07) is 36.7. The van der Waals surface area contributed by atoms with Crippen molar-refractivity contribution in [3.63, 3.8) is 0 Å². The lowest BCUT2D eigenvalue weighted by Gasteiger charge is -2.50. The first-order valence-corrected chi connectivity index (χ1v) is 14.6. The molecule has 4 aromatic rings. The summed E-state index contributed by atoms with van der Waals surface area (Å²) in [5.41, 5.74) is 5.36. The monoisotopic (exact) mass is 566 g/mol. The van der Waals surface area contributed by atoms with Gasteiger partial charge in [-0.3, -0.25) is 0 Å². The molecule has 6 rings (SSSR count). The summed E-state index contributed by atoms with van der Waals surface area (Å²) in [6.45, 7) is 3.69. The van der Waals surface area contributed by atoms with Crippen molar-refractivity contribution in [2.24, 2.45) is 5.92 Å². The van der Waals surface area contributed by atoms with Crippen LogP contribution in [0.15, 0.2) is 109 Å². The molecule has 2 aliphatic rings. The highest BCUT2D eigenvalue weighted by Crippen LogP contribution is 2.47. The molecule has 0 aliphatic carbocycles. The third-order valence-electron chi connectivity index (χ3n) is 7.98. The van der Waals surface area contributed by atoms with Crippen molar-refractivity contribution in [3.05, 3.63) is 137 Å². The van der Waals surface area contributed by atoms with E-state index in [1.807, 2.05) is 60.7 Å². The van der Waals surface area contributed by atoms with E-state index in [0.29, 0.717) is 26.4 Å². The van der Waals surface area contributed by atoms with Gasteiger partial charge in [0.1, 0.15) is 18.0 Å². The Balaban J connectivity index is 1.32. The predicted octanol–water partition coefficient (Wildman–Crippen LogP) is 6.80. The van der Waals surface area contributed by atoms with Crippen LogP contribution in [0, 0.1) is 12.8 Å². The number of benzene rings is 4. The zero-order valence-electron chi connectivity index (χ0n) is 24.1. The van der Waals surface area contributed by atoms with Crippen molar-refractivity contribution in [2.75, 3.05) is 13.7 Å². The van der Waals surface area contributed by atoms with Gasteiger partial charge in [0.2, 0.25) is 6.29 Å². The molecule has 0 N–H and O–H groups in total. The highest BCUT2D eigenvalue weighted by atomic mass is 16.7. The maximum Gasteiger partial charge on any atom is 0.208 e. The van der Waals surface area contributed by atoms with Gasteiger partial charge < -0.3 is 28.4 Å². The van der Waals surface area contributed by atoms with Crippen molar-refractivity contribution in [2.45, 2.75) is 57.5 Å². The van der Waals surface area contributed by atoms with Crippen LogP contribution in [-0.2, 0) is 43.5 Å². The molecule has 0 unspecified atom stereocenters. The van der Waals surface area contributed by atoms with Crippen LogP contribution >= 0.6 is 0 Å². The Kier molecular flexibility index (Phi) is 9.28. The van der Waals surface area contributed by atoms with Gasteiger partial charge in [0.15, 0.2) is 0 Å². The van der Waals surface area contributed by atoms with Crippen molar-refractivity contribution in [1.82, 2.24) is 0 Å². The van der Waals surface area contributed by atoms with Gasteiger partial charge in [0.25, 0.3) is 0 Å². The lowest BCUT2D eigenvalue weighted by atomic mass is 9.81. The number of aryl methyl sites for hydroxylation is 1. The van der Waals surface area contributed by atoms with Crippen LogP contribution in [0.25, 0.3) is 0 Å². The molecule has 4 aromatic carbocycles. The summed E-state index contributed by atoms with van der Waals surface area (Å²) in [4.78, 5) is 0. The summed E-state index contributed by atoms with van der Waals surface area (Å²) in [5.74, 6) is 0.512. The average Bonchev–Trinajstić information content (AvgIpc) is 3.03. The summed E-state index contributed by atoms with van der Waals surface area (Å²) in [5, 5.41) is 0. The highest BCUT2D eigenvalue weighted by molar-refractivity contribution is 5.41.